The number of nitrogens with two attached hydrogens (primary N) is 1. The molecule has 1 unspecified atom stereocenters. The summed E-state index contributed by atoms with van der Waals surface area (Å²) < 4.78 is 0. The first-order valence-electron chi connectivity index (χ1n) is 5.07. The van der Waals surface area contributed by atoms with Gasteiger partial charge in [0, 0.05) is 4.90 Å². The molecule has 2 nitrogen and oxygen atoms in total. The summed E-state index contributed by atoms with van der Waals surface area (Å²) in [6.45, 7) is 6.13. The van der Waals surface area contributed by atoms with Crippen LogP contribution in [0.4, 0.5) is 0 Å². The van der Waals surface area contributed by atoms with Crippen LogP contribution in [-0.4, -0.2) is 11.2 Å². The van der Waals surface area contributed by atoms with Gasteiger partial charge in [-0.1, -0.05) is 13.0 Å². The Bertz CT molecular complexity index is 363. The molecule has 0 aliphatic heterocycles. The molecule has 2 N–H and O–H groups in total. The van der Waals surface area contributed by atoms with Crippen LogP contribution in [0.2, 0.25) is 0 Å². The van der Waals surface area contributed by atoms with Crippen LogP contribution in [0.15, 0.2) is 23.1 Å². The molecule has 0 aliphatic carbocycles. The molecule has 82 valence electrons. The van der Waals surface area contributed by atoms with Crippen molar-refractivity contribution in [3.05, 3.63) is 29.3 Å². The van der Waals surface area contributed by atoms with Gasteiger partial charge in [-0.05, 0) is 43.5 Å². The third-order valence-electron chi connectivity index (χ3n) is 2.44. The Hall–Kier alpha value is -0.960. The van der Waals surface area contributed by atoms with Crippen molar-refractivity contribution in [1.29, 1.82) is 0 Å². The second-order valence-electron chi connectivity index (χ2n) is 3.66. The highest BCUT2D eigenvalue weighted by atomic mass is 32.2. The van der Waals surface area contributed by atoms with E-state index in [0.29, 0.717) is 0 Å². The van der Waals surface area contributed by atoms with Crippen molar-refractivity contribution in [2.75, 3.05) is 0 Å². The number of thioether (sulfide) groups is 1. The van der Waals surface area contributed by atoms with E-state index in [9.17, 15) is 4.79 Å². The number of hydrogen-bond acceptors (Lipinski definition) is 2. The largest absolute Gasteiger partial charge is 0.369 e. The van der Waals surface area contributed by atoms with Gasteiger partial charge in [-0.3, -0.25) is 4.79 Å². The topological polar surface area (TPSA) is 43.1 Å². The third-order valence-corrected chi connectivity index (χ3v) is 3.82. The predicted molar refractivity (Wildman–Crippen MR) is 65.0 cm³/mol. The van der Waals surface area contributed by atoms with Crippen LogP contribution < -0.4 is 5.73 Å². The van der Waals surface area contributed by atoms with Gasteiger partial charge in [0.1, 0.15) is 0 Å². The lowest BCUT2D eigenvalue weighted by Gasteiger charge is -2.11. The van der Waals surface area contributed by atoms with Crippen molar-refractivity contribution in [2.45, 2.75) is 37.3 Å². The Kier molecular flexibility index (Phi) is 4.21. The Morgan fingerprint density at radius 3 is 2.53 bits per heavy atom. The average molecular weight is 223 g/mol. The van der Waals surface area contributed by atoms with E-state index in [0.717, 1.165) is 11.3 Å². The van der Waals surface area contributed by atoms with Crippen molar-refractivity contribution in [2.24, 2.45) is 5.73 Å². The number of amides is 1. The molecule has 1 amide bonds. The normalized spacial score (nSPS) is 12.5. The molecular formula is C12H17NOS. The SMILES string of the molecule is CCC(Sc1ccc(C)c(C)c1)C(N)=O. The van der Waals surface area contributed by atoms with E-state index in [1.165, 1.54) is 11.1 Å². The Morgan fingerprint density at radius 2 is 2.07 bits per heavy atom. The van der Waals surface area contributed by atoms with Crippen LogP contribution in [0.5, 0.6) is 0 Å². The molecule has 0 spiro atoms. The quantitative estimate of drug-likeness (QED) is 0.797. The minimum atomic E-state index is -0.235. The van der Waals surface area contributed by atoms with Gasteiger partial charge < -0.3 is 5.73 Å². The van der Waals surface area contributed by atoms with Gasteiger partial charge in [0.05, 0.1) is 5.25 Å². The standard InChI is InChI=1S/C12H17NOS/c1-4-11(12(13)14)15-10-6-5-8(2)9(3)7-10/h5-7,11H,4H2,1-3H3,(H2,13,14). The fourth-order valence-electron chi connectivity index (χ4n) is 1.29. The van der Waals surface area contributed by atoms with Gasteiger partial charge in [0.25, 0.3) is 0 Å². The second kappa shape index (κ2) is 5.21. The summed E-state index contributed by atoms with van der Waals surface area (Å²) in [5.74, 6) is -0.235. The Balaban J connectivity index is 2.80. The van der Waals surface area contributed by atoms with E-state index < -0.39 is 0 Å². The molecular weight excluding hydrogens is 206 g/mol. The molecule has 0 radical (unpaired) electrons. The summed E-state index contributed by atoms with van der Waals surface area (Å²) in [6.07, 6.45) is 0.771. The molecule has 15 heavy (non-hydrogen) atoms. The lowest BCUT2D eigenvalue weighted by Crippen LogP contribution is -2.24. The second-order valence-corrected chi connectivity index (χ2v) is 4.94. The highest BCUT2D eigenvalue weighted by Gasteiger charge is 2.14. The monoisotopic (exact) mass is 223 g/mol. The van der Waals surface area contributed by atoms with Crippen LogP contribution in [-0.2, 0) is 4.79 Å². The summed E-state index contributed by atoms with van der Waals surface area (Å²) in [7, 11) is 0. The van der Waals surface area contributed by atoms with Crippen LogP contribution in [0.25, 0.3) is 0 Å². The van der Waals surface area contributed by atoms with Gasteiger partial charge in [0.2, 0.25) is 5.91 Å². The maximum absolute atomic E-state index is 11.1. The van der Waals surface area contributed by atoms with Gasteiger partial charge in [-0.15, -0.1) is 11.8 Å². The third kappa shape index (κ3) is 3.27. The van der Waals surface area contributed by atoms with Crippen LogP contribution in [0, 0.1) is 13.8 Å². The predicted octanol–water partition coefficient (Wildman–Crippen LogP) is 2.66. The summed E-state index contributed by atoms with van der Waals surface area (Å²) >= 11 is 1.55. The highest BCUT2D eigenvalue weighted by Crippen LogP contribution is 2.26. The Morgan fingerprint density at radius 1 is 1.40 bits per heavy atom. The van der Waals surface area contributed by atoms with Crippen molar-refractivity contribution in [3.63, 3.8) is 0 Å². The zero-order valence-corrected chi connectivity index (χ0v) is 10.2. The van der Waals surface area contributed by atoms with E-state index >= 15 is 0 Å². The number of carbonyl (C=O) groups excluding carboxylic acids is 1. The van der Waals surface area contributed by atoms with E-state index in [1.54, 1.807) is 11.8 Å². The molecule has 0 fully saturated rings. The van der Waals surface area contributed by atoms with Crippen LogP contribution in [0.3, 0.4) is 0 Å². The molecule has 1 aromatic carbocycles. The van der Waals surface area contributed by atoms with Crippen molar-refractivity contribution in [3.8, 4) is 0 Å². The molecule has 3 heteroatoms. The molecule has 0 aliphatic rings. The fraction of sp³-hybridized carbons (Fsp3) is 0.417. The molecule has 1 atom stereocenters. The number of hydrogen-bond donors (Lipinski definition) is 1. The van der Waals surface area contributed by atoms with E-state index in [1.807, 2.05) is 13.0 Å². The number of carbonyl (C=O) groups is 1. The first-order valence-corrected chi connectivity index (χ1v) is 5.95. The summed E-state index contributed by atoms with van der Waals surface area (Å²) in [5.41, 5.74) is 7.82. The summed E-state index contributed by atoms with van der Waals surface area (Å²) in [5, 5.41) is -0.118. The zero-order valence-electron chi connectivity index (χ0n) is 9.41. The summed E-state index contributed by atoms with van der Waals surface area (Å²) in [6, 6.07) is 6.22. The first-order chi connectivity index (χ1) is 7.04. The van der Waals surface area contributed by atoms with Gasteiger partial charge >= 0.3 is 0 Å². The van der Waals surface area contributed by atoms with Crippen molar-refractivity contribution in [1.82, 2.24) is 0 Å². The van der Waals surface area contributed by atoms with Gasteiger partial charge in [-0.2, -0.15) is 0 Å². The van der Waals surface area contributed by atoms with Gasteiger partial charge in [0.15, 0.2) is 0 Å². The molecule has 0 heterocycles. The van der Waals surface area contributed by atoms with Crippen molar-refractivity contribution < 1.29 is 4.79 Å². The lowest BCUT2D eigenvalue weighted by atomic mass is 10.1. The number of aryl methyl sites for hydroxylation is 2. The van der Waals surface area contributed by atoms with Gasteiger partial charge in [-0.25, -0.2) is 0 Å². The molecule has 1 rings (SSSR count). The average Bonchev–Trinajstić information content (AvgIpc) is 2.19. The highest BCUT2D eigenvalue weighted by molar-refractivity contribution is 8.00. The van der Waals surface area contributed by atoms with E-state index in [4.69, 9.17) is 5.73 Å². The maximum atomic E-state index is 11.1. The zero-order chi connectivity index (χ0) is 11.4. The minimum Gasteiger partial charge on any atom is -0.369 e. The molecule has 1 aromatic rings. The fourth-order valence-corrected chi connectivity index (χ4v) is 2.30. The first kappa shape index (κ1) is 12.1. The number of rotatable bonds is 4. The number of primary amides is 1. The lowest BCUT2D eigenvalue weighted by molar-refractivity contribution is -0.117. The van der Waals surface area contributed by atoms with E-state index in [2.05, 4.69) is 26.0 Å². The minimum absolute atomic E-state index is 0.118. The number of benzene rings is 1. The van der Waals surface area contributed by atoms with Crippen molar-refractivity contribution >= 4 is 17.7 Å². The molecule has 0 saturated heterocycles. The molecule has 0 saturated carbocycles. The molecule has 0 bridgehead atoms. The smallest absolute Gasteiger partial charge is 0.230 e. The van der Waals surface area contributed by atoms with E-state index in [-0.39, 0.29) is 11.2 Å². The van der Waals surface area contributed by atoms with Crippen LogP contribution in [0.1, 0.15) is 24.5 Å². The Labute approximate surface area is 95.2 Å². The summed E-state index contributed by atoms with van der Waals surface area (Å²) in [4.78, 5) is 12.2. The molecule has 0 aromatic heterocycles. The van der Waals surface area contributed by atoms with Crippen LogP contribution >= 0.6 is 11.8 Å². The maximum Gasteiger partial charge on any atom is 0.230 e.